The summed E-state index contributed by atoms with van der Waals surface area (Å²) in [7, 11) is -9.91. The van der Waals surface area contributed by atoms with Gasteiger partial charge in [0.1, 0.15) is 19.3 Å². The van der Waals surface area contributed by atoms with Gasteiger partial charge in [0.15, 0.2) is 12.2 Å². The summed E-state index contributed by atoms with van der Waals surface area (Å²) in [5, 5.41) is 10.6. The van der Waals surface area contributed by atoms with Gasteiger partial charge >= 0.3 is 39.5 Å². The molecular weight excluding hydrogens is 1230 g/mol. The fourth-order valence-electron chi connectivity index (χ4n) is 11.3. The first-order valence-corrected chi connectivity index (χ1v) is 41.8. The molecule has 0 aromatic carbocycles. The van der Waals surface area contributed by atoms with Gasteiger partial charge in [-0.1, -0.05) is 325 Å². The molecule has 0 heterocycles. The van der Waals surface area contributed by atoms with E-state index in [1.165, 1.54) is 173 Å². The second-order valence-electron chi connectivity index (χ2n) is 28.5. The van der Waals surface area contributed by atoms with Crippen molar-refractivity contribution < 1.29 is 80.2 Å². The van der Waals surface area contributed by atoms with Crippen LogP contribution in [0.4, 0.5) is 0 Å². The third-order valence-electron chi connectivity index (χ3n) is 18.0. The van der Waals surface area contributed by atoms with Crippen LogP contribution < -0.4 is 0 Å². The van der Waals surface area contributed by atoms with Crippen molar-refractivity contribution in [2.75, 3.05) is 39.6 Å². The third-order valence-corrected chi connectivity index (χ3v) is 19.9. The van der Waals surface area contributed by atoms with E-state index in [4.69, 9.17) is 37.0 Å². The minimum absolute atomic E-state index is 0.103. The molecule has 0 saturated carbocycles. The maximum absolute atomic E-state index is 13.1. The van der Waals surface area contributed by atoms with Gasteiger partial charge in [0.05, 0.1) is 26.4 Å². The van der Waals surface area contributed by atoms with E-state index in [1.54, 1.807) is 0 Å². The van der Waals surface area contributed by atoms with Gasteiger partial charge in [0.2, 0.25) is 0 Å². The predicted octanol–water partition coefficient (Wildman–Crippen LogP) is 21.7. The third kappa shape index (κ3) is 66.0. The number of esters is 4. The van der Waals surface area contributed by atoms with E-state index < -0.39 is 97.5 Å². The molecule has 0 bridgehead atoms. The molecule has 0 aromatic rings. The van der Waals surface area contributed by atoms with Gasteiger partial charge in [-0.3, -0.25) is 37.3 Å². The standard InChI is InChI=1S/C75H146O17P2/c1-9-67(7)53-45-37-31-33-40-48-56-73(78)86-62-70(91-74(79)57-49-41-30-26-22-16-14-12-11-13-15-19-23-27-35-43-51-65(3)4)63-89-93(81,82)87-59-69(76)60-88-94(83,84)90-64-71(92-75(80)58-50-42-34-32-38-46-54-68(8)10-2)61-85-72(77)55-47-39-29-25-21-18-17-20-24-28-36-44-52-66(5)6/h65-71,76H,9-64H2,1-8H3,(H,81,82)(H,83,84)/t67?,68?,69-,70+,71+/m0/s1. The molecule has 0 rings (SSSR count). The highest BCUT2D eigenvalue weighted by Crippen LogP contribution is 2.45. The van der Waals surface area contributed by atoms with E-state index in [0.29, 0.717) is 25.7 Å². The molecule has 0 aliphatic heterocycles. The Labute approximate surface area is 575 Å². The number of unbranched alkanes of at least 4 members (excludes halogenated alkanes) is 36. The first-order valence-electron chi connectivity index (χ1n) is 38.8. The summed E-state index contributed by atoms with van der Waals surface area (Å²) in [6.45, 7) is 14.1. The van der Waals surface area contributed by atoms with E-state index in [9.17, 15) is 43.2 Å². The molecule has 0 amide bonds. The van der Waals surface area contributed by atoms with Crippen LogP contribution in [0.2, 0.25) is 0 Å². The van der Waals surface area contributed by atoms with E-state index in [1.807, 2.05) is 0 Å². The summed E-state index contributed by atoms with van der Waals surface area (Å²) in [4.78, 5) is 72.7. The van der Waals surface area contributed by atoms with Gasteiger partial charge in [-0.25, -0.2) is 9.13 Å². The average Bonchev–Trinajstić information content (AvgIpc) is 2.13. The number of phosphoric acid groups is 2. The minimum atomic E-state index is -4.96. The number of hydrogen-bond acceptors (Lipinski definition) is 15. The van der Waals surface area contributed by atoms with Crippen molar-refractivity contribution in [1.82, 2.24) is 0 Å². The van der Waals surface area contributed by atoms with Crippen LogP contribution in [0.1, 0.15) is 376 Å². The SMILES string of the molecule is CCC(C)CCCCCCCCC(=O)OC[C@H](COP(=O)(O)OC[C@H](O)COP(=O)(O)OC[C@@H](COC(=O)CCCCCCCCCCCCCCC(C)C)OC(=O)CCCCCCCCC(C)CC)OC(=O)CCCCCCCCCCCCCCCCCCC(C)C. The topological polar surface area (TPSA) is 237 Å². The van der Waals surface area contributed by atoms with Crippen molar-refractivity contribution in [2.24, 2.45) is 23.7 Å². The highest BCUT2D eigenvalue weighted by molar-refractivity contribution is 7.47. The molecular formula is C75H146O17P2. The normalized spacial score (nSPS) is 14.7. The number of phosphoric ester groups is 2. The molecule has 3 N–H and O–H groups in total. The van der Waals surface area contributed by atoms with E-state index in [-0.39, 0.29) is 25.7 Å². The van der Waals surface area contributed by atoms with Crippen LogP contribution in [0, 0.1) is 23.7 Å². The molecule has 17 nitrogen and oxygen atoms in total. The van der Waals surface area contributed by atoms with Crippen molar-refractivity contribution >= 4 is 39.5 Å². The molecule has 0 spiro atoms. The molecule has 0 aromatic heterocycles. The van der Waals surface area contributed by atoms with E-state index >= 15 is 0 Å². The van der Waals surface area contributed by atoms with Crippen molar-refractivity contribution in [3.63, 3.8) is 0 Å². The first-order chi connectivity index (χ1) is 45.2. The van der Waals surface area contributed by atoms with Crippen molar-refractivity contribution in [3.05, 3.63) is 0 Å². The number of ether oxygens (including phenoxy) is 4. The summed E-state index contributed by atoms with van der Waals surface area (Å²) >= 11 is 0. The van der Waals surface area contributed by atoms with Crippen LogP contribution in [-0.4, -0.2) is 96.7 Å². The molecule has 0 saturated heterocycles. The number of aliphatic hydroxyl groups excluding tert-OH is 1. The molecule has 94 heavy (non-hydrogen) atoms. The lowest BCUT2D eigenvalue weighted by molar-refractivity contribution is -0.161. The van der Waals surface area contributed by atoms with Gasteiger partial charge in [-0.15, -0.1) is 0 Å². The zero-order valence-electron chi connectivity index (χ0n) is 61.6. The van der Waals surface area contributed by atoms with Gasteiger partial charge in [-0.05, 0) is 49.4 Å². The first kappa shape index (κ1) is 92.1. The quantitative estimate of drug-likeness (QED) is 0.0222. The van der Waals surface area contributed by atoms with Crippen LogP contribution in [0.15, 0.2) is 0 Å². The zero-order chi connectivity index (χ0) is 69.6. The smallest absolute Gasteiger partial charge is 0.462 e. The lowest BCUT2D eigenvalue weighted by Gasteiger charge is -2.21. The monoisotopic (exact) mass is 1380 g/mol. The van der Waals surface area contributed by atoms with Gasteiger partial charge in [0, 0.05) is 25.7 Å². The van der Waals surface area contributed by atoms with Crippen LogP contribution >= 0.6 is 15.6 Å². The highest BCUT2D eigenvalue weighted by Gasteiger charge is 2.30. The van der Waals surface area contributed by atoms with Gasteiger partial charge < -0.3 is 33.8 Å². The van der Waals surface area contributed by atoms with Crippen LogP contribution in [0.25, 0.3) is 0 Å². The summed E-state index contributed by atoms with van der Waals surface area (Å²) in [6, 6.07) is 0. The fraction of sp³-hybridized carbons (Fsp3) is 0.947. The van der Waals surface area contributed by atoms with Crippen LogP contribution in [0.3, 0.4) is 0 Å². The molecule has 19 heteroatoms. The largest absolute Gasteiger partial charge is 0.472 e. The number of carbonyl (C=O) groups is 4. The number of hydrogen-bond donors (Lipinski definition) is 3. The Morgan fingerprint density at radius 2 is 0.511 bits per heavy atom. The molecule has 0 aliphatic rings. The minimum Gasteiger partial charge on any atom is -0.462 e. The summed E-state index contributed by atoms with van der Waals surface area (Å²) in [5.41, 5.74) is 0. The number of rotatable bonds is 72. The Bertz CT molecular complexity index is 1850. The van der Waals surface area contributed by atoms with Crippen molar-refractivity contribution in [3.8, 4) is 0 Å². The van der Waals surface area contributed by atoms with Gasteiger partial charge in [-0.2, -0.15) is 0 Å². The molecule has 0 fully saturated rings. The Morgan fingerprint density at radius 1 is 0.298 bits per heavy atom. The van der Waals surface area contributed by atoms with Crippen molar-refractivity contribution in [2.45, 2.75) is 395 Å². The van der Waals surface area contributed by atoms with E-state index in [2.05, 4.69) is 55.4 Å². The second kappa shape index (κ2) is 64.4. The number of carbonyl (C=O) groups excluding carboxylic acids is 4. The molecule has 4 unspecified atom stereocenters. The molecule has 0 radical (unpaired) electrons. The lowest BCUT2D eigenvalue weighted by Crippen LogP contribution is -2.30. The Kier molecular flexibility index (Phi) is 63.1. The summed E-state index contributed by atoms with van der Waals surface area (Å²) < 4.78 is 68.4. The average molecular weight is 1380 g/mol. The maximum Gasteiger partial charge on any atom is 0.472 e. The van der Waals surface area contributed by atoms with Gasteiger partial charge in [0.25, 0.3) is 0 Å². The highest BCUT2D eigenvalue weighted by atomic mass is 31.2. The Hall–Kier alpha value is -1.94. The van der Waals surface area contributed by atoms with Crippen LogP contribution in [-0.2, 0) is 65.4 Å². The summed E-state index contributed by atoms with van der Waals surface area (Å²) in [6.07, 6.45) is 48.7. The zero-order valence-corrected chi connectivity index (χ0v) is 63.4. The fourth-order valence-corrected chi connectivity index (χ4v) is 12.9. The maximum atomic E-state index is 13.1. The van der Waals surface area contributed by atoms with E-state index in [0.717, 1.165) is 120 Å². The summed E-state index contributed by atoms with van der Waals surface area (Å²) in [5.74, 6) is 0.916. The molecule has 558 valence electrons. The molecule has 0 aliphatic carbocycles. The Balaban J connectivity index is 5.20. The molecule has 7 atom stereocenters. The lowest BCUT2D eigenvalue weighted by atomic mass is 10.00. The van der Waals surface area contributed by atoms with Crippen molar-refractivity contribution in [1.29, 1.82) is 0 Å². The Morgan fingerprint density at radius 3 is 0.755 bits per heavy atom. The second-order valence-corrected chi connectivity index (χ2v) is 31.4. The van der Waals surface area contributed by atoms with Crippen LogP contribution in [0.5, 0.6) is 0 Å². The number of aliphatic hydroxyl groups is 1. The predicted molar refractivity (Wildman–Crippen MR) is 381 cm³/mol.